The summed E-state index contributed by atoms with van der Waals surface area (Å²) < 4.78 is 241. The predicted molar refractivity (Wildman–Crippen MR) is 9.61 cm³/mol. The first kappa shape index (κ1) is 84.8. The van der Waals surface area contributed by atoms with E-state index < -0.39 is 95.3 Å². The molecule has 0 spiro atoms. The Morgan fingerprint density at radius 1 is 0.220 bits per heavy atom. The Hall–Kier alpha value is 3.46. The van der Waals surface area contributed by atoms with Gasteiger partial charge in [-0.3, -0.25) is 0 Å². The fourth-order valence-electron chi connectivity index (χ4n) is 0. The van der Waals surface area contributed by atoms with Gasteiger partial charge in [0.2, 0.25) is 0 Å². The molecule has 0 saturated carbocycles. The average molecular weight is 1150 g/mol. The van der Waals surface area contributed by atoms with Gasteiger partial charge in [0.1, 0.15) is 0 Å². The minimum absolute atomic E-state index is 0. The molecule has 0 unspecified atom stereocenters. The first-order valence-corrected chi connectivity index (χ1v) is 19.2. The molecular weight excluding hydrogens is 1150 g/mol. The summed E-state index contributed by atoms with van der Waals surface area (Å²) in [5.74, 6) is 0. The minimum atomic E-state index is -5.75. The summed E-state index contributed by atoms with van der Waals surface area (Å²) in [5, 5.41) is 0. The Morgan fingerprint density at radius 3 is 0.220 bits per heavy atom. The molecule has 0 bridgehead atoms. The van der Waals surface area contributed by atoms with Crippen LogP contribution in [0.5, 0.6) is 0 Å². The second-order valence-electron chi connectivity index (χ2n) is 2.86. The van der Waals surface area contributed by atoms with E-state index in [9.17, 15) is 0 Å². The van der Waals surface area contributed by atoms with Gasteiger partial charge in [0, 0.05) is 0 Å². The summed E-state index contributed by atoms with van der Waals surface area (Å²) in [6, 6.07) is 0. The van der Waals surface area contributed by atoms with E-state index in [1.807, 2.05) is 0 Å². The molecule has 0 aromatic rings. The van der Waals surface area contributed by atoms with Gasteiger partial charge in [0.05, 0.1) is 0 Å². The van der Waals surface area contributed by atoms with Crippen LogP contribution in [0.1, 0.15) is 0 Å². The van der Waals surface area contributed by atoms with Gasteiger partial charge in [-0.2, -0.15) is 0 Å². The van der Waals surface area contributed by atoms with Crippen molar-refractivity contribution in [3.63, 3.8) is 0 Å². The standard InChI is InChI=1S/2Co.7Cr.2Fe.2Mn.28O/q2*+2;;;;;;;;2*+3;2*+2;;;;;;;;;;;;;;;14*-1. The van der Waals surface area contributed by atoms with Crippen LogP contribution < -0.4 is 58.2 Å². The zero-order valence-electron chi connectivity index (χ0n) is 16.4. The maximum atomic E-state index is 8.59. The van der Waals surface area contributed by atoms with Crippen molar-refractivity contribution in [1.29, 1.82) is 0 Å². The zero-order valence-corrected chi connectivity index (χ0v) is 32.0. The van der Waals surface area contributed by atoms with Crippen molar-refractivity contribution >= 4 is 0 Å². The van der Waals surface area contributed by atoms with Gasteiger partial charge in [0.25, 0.3) is 0 Å². The van der Waals surface area contributed by atoms with Gasteiger partial charge < -0.3 is 0 Å². The Balaban J connectivity index is -0.0000000198. The Kier molecular flexibility index (Phi) is 78.5. The predicted octanol–water partition coefficient (Wildman–Crippen LogP) is -18.3. The van der Waals surface area contributed by atoms with Crippen molar-refractivity contribution in [3.05, 3.63) is 0 Å². The Labute approximate surface area is 304 Å². The summed E-state index contributed by atoms with van der Waals surface area (Å²) in [6.45, 7) is 0. The fraction of sp³-hybridized carbons (Fsp3) is 0. The molecule has 0 rings (SSSR count). The summed E-state index contributed by atoms with van der Waals surface area (Å²) in [7, 11) is 0. The van der Waals surface area contributed by atoms with Crippen LogP contribution in [-0.2, 0) is 250 Å². The summed E-state index contributed by atoms with van der Waals surface area (Å²) in [6.07, 6.45) is 0. The SMILES string of the molecule is [Co+2].[Co+2].[Fe+3].[Fe+3].[Mn+2].[Mn+2].[O]=[Cr](=[O])([O-])[O-].[O]=[Cr](=[O])([O-])[O-].[O]=[Cr](=[O])([O-])[O-].[O]=[Cr](=[O])([O-])[O-].[O]=[Cr](=[O])([O-])[O-].[O]=[Cr](=[O])([O-])[O-].[O]=[Cr](=[O])([O-])[O-]. The van der Waals surface area contributed by atoms with Gasteiger partial charge in [0.15, 0.2) is 0 Å². The van der Waals surface area contributed by atoms with Crippen molar-refractivity contribution in [3.8, 4) is 0 Å². The van der Waals surface area contributed by atoms with Crippen LogP contribution in [0.4, 0.5) is 0 Å². The third-order valence-electron chi connectivity index (χ3n) is 0. The van der Waals surface area contributed by atoms with Crippen LogP contribution in [0.2, 0.25) is 0 Å². The van der Waals surface area contributed by atoms with Crippen molar-refractivity contribution < 1.29 is 309 Å². The van der Waals surface area contributed by atoms with E-state index in [4.69, 9.17) is 111 Å². The Morgan fingerprint density at radius 2 is 0.220 bits per heavy atom. The quantitative estimate of drug-likeness (QED) is 0.203. The van der Waals surface area contributed by atoms with E-state index in [2.05, 4.69) is 0 Å². The molecule has 258 valence electrons. The Bertz CT molecular complexity index is 937. The molecule has 0 aliphatic rings. The van der Waals surface area contributed by atoms with Crippen molar-refractivity contribution in [2.45, 2.75) is 0 Å². The molecule has 0 heterocycles. The summed E-state index contributed by atoms with van der Waals surface area (Å²) in [4.78, 5) is 0. The van der Waals surface area contributed by atoms with Crippen LogP contribution in [-0.4, -0.2) is 0 Å². The van der Waals surface area contributed by atoms with E-state index in [0.717, 1.165) is 0 Å². The average Bonchev–Trinajstić information content (AvgIpc) is 2.06. The summed E-state index contributed by atoms with van der Waals surface area (Å²) >= 11 is -40.2. The van der Waals surface area contributed by atoms with E-state index in [1.54, 1.807) is 0 Å². The van der Waals surface area contributed by atoms with Crippen molar-refractivity contribution in [2.75, 3.05) is 0 Å². The van der Waals surface area contributed by atoms with Crippen molar-refractivity contribution in [1.82, 2.24) is 0 Å². The maximum absolute atomic E-state index is 8.59. The first-order valence-electron chi connectivity index (χ1n) is 4.67. The molecule has 28 nitrogen and oxygen atoms in total. The fourth-order valence-corrected chi connectivity index (χ4v) is 0. The molecule has 0 amide bonds. The number of hydrogen-bond donors (Lipinski definition) is 0. The molecule has 0 aliphatic heterocycles. The topological polar surface area (TPSA) is 562 Å². The molecule has 0 fully saturated rings. The number of hydrogen-bond acceptors (Lipinski definition) is 28. The molecule has 0 aliphatic carbocycles. The molecule has 0 aromatic carbocycles. The zero-order chi connectivity index (χ0) is 31.5. The summed E-state index contributed by atoms with van der Waals surface area (Å²) in [5.41, 5.74) is 0. The van der Waals surface area contributed by atoms with E-state index in [0.29, 0.717) is 0 Å². The van der Waals surface area contributed by atoms with Crippen LogP contribution in [0.25, 0.3) is 0 Å². The van der Waals surface area contributed by atoms with Gasteiger partial charge in [-0.1, -0.05) is 0 Å². The van der Waals surface area contributed by atoms with Gasteiger partial charge in [-0.15, -0.1) is 0 Å². The van der Waals surface area contributed by atoms with Crippen molar-refractivity contribution in [2.24, 2.45) is 0 Å². The van der Waals surface area contributed by atoms with Crippen LogP contribution in [0.3, 0.4) is 0 Å². The monoisotopic (exact) mass is 1150 g/mol. The van der Waals surface area contributed by atoms with E-state index in [1.165, 1.54) is 0 Å². The molecule has 0 atom stereocenters. The second-order valence-corrected chi connectivity index (χ2v) is 11.8. The van der Waals surface area contributed by atoms with Crippen LogP contribution >= 0.6 is 0 Å². The third kappa shape index (κ3) is 6250. The van der Waals surface area contributed by atoms with Crippen LogP contribution in [0, 0.1) is 0 Å². The van der Waals surface area contributed by atoms with Gasteiger partial charge >= 0.3 is 309 Å². The van der Waals surface area contributed by atoms with Crippen LogP contribution in [0.15, 0.2) is 0 Å². The molecular formula is Co2Cr7Fe2Mn2O28. The first-order chi connectivity index (χ1) is 14.0. The van der Waals surface area contributed by atoms with Gasteiger partial charge in [-0.05, 0) is 0 Å². The molecule has 41 heteroatoms. The third-order valence-corrected chi connectivity index (χ3v) is 0. The normalized spacial score (nSPS) is 9.90. The molecule has 0 saturated heterocycles. The molecule has 0 N–H and O–H groups in total. The van der Waals surface area contributed by atoms with E-state index >= 15 is 0 Å². The molecule has 0 aromatic heterocycles. The van der Waals surface area contributed by atoms with E-state index in [-0.39, 0.29) is 102 Å². The van der Waals surface area contributed by atoms with Gasteiger partial charge in [-0.25, -0.2) is 0 Å². The molecule has 41 heavy (non-hydrogen) atoms. The molecule has 6 radical (unpaired) electrons. The second kappa shape index (κ2) is 37.9. The number of rotatable bonds is 0.